The Hall–Kier alpha value is -2.93. The molecule has 2 rings (SSSR count). The number of anilines is 1. The molecular formula is C19H21FN2O4. The average Bonchev–Trinajstić information content (AvgIpc) is 2.65. The lowest BCUT2D eigenvalue weighted by molar-refractivity contribution is -0.118. The van der Waals surface area contributed by atoms with Gasteiger partial charge in [0.05, 0.1) is 11.3 Å². The van der Waals surface area contributed by atoms with E-state index in [9.17, 15) is 14.0 Å². The van der Waals surface area contributed by atoms with E-state index in [-0.39, 0.29) is 18.3 Å². The molecule has 2 N–H and O–H groups in total. The number of methoxy groups -OCH3 is 1. The van der Waals surface area contributed by atoms with Gasteiger partial charge in [-0.2, -0.15) is 0 Å². The highest BCUT2D eigenvalue weighted by Crippen LogP contribution is 2.17. The van der Waals surface area contributed by atoms with Crippen LogP contribution in [0.1, 0.15) is 16.8 Å². The molecule has 0 saturated heterocycles. The summed E-state index contributed by atoms with van der Waals surface area (Å²) in [5, 5.41) is 5.37. The van der Waals surface area contributed by atoms with Crippen LogP contribution in [0, 0.1) is 5.82 Å². The Bertz CT molecular complexity index is 752. The Morgan fingerprint density at radius 2 is 1.81 bits per heavy atom. The monoisotopic (exact) mass is 360 g/mol. The van der Waals surface area contributed by atoms with Gasteiger partial charge in [0.1, 0.15) is 0 Å². The van der Waals surface area contributed by atoms with Gasteiger partial charge in [-0.15, -0.1) is 0 Å². The molecule has 0 heterocycles. The molecule has 0 saturated carbocycles. The highest BCUT2D eigenvalue weighted by atomic mass is 19.1. The summed E-state index contributed by atoms with van der Waals surface area (Å²) in [5.41, 5.74) is 0.697. The summed E-state index contributed by atoms with van der Waals surface area (Å²) in [7, 11) is 1.59. The van der Waals surface area contributed by atoms with Crippen LogP contribution in [0.2, 0.25) is 0 Å². The Morgan fingerprint density at radius 3 is 2.58 bits per heavy atom. The number of halogens is 1. The molecule has 0 radical (unpaired) electrons. The maximum absolute atomic E-state index is 13.5. The van der Waals surface area contributed by atoms with Crippen molar-refractivity contribution in [1.29, 1.82) is 0 Å². The minimum Gasteiger partial charge on any atom is -0.481 e. The molecule has 0 aliphatic rings. The Morgan fingerprint density at radius 1 is 1.08 bits per heavy atom. The maximum Gasteiger partial charge on any atom is 0.262 e. The number of benzene rings is 2. The molecule has 138 valence electrons. The van der Waals surface area contributed by atoms with Gasteiger partial charge < -0.3 is 20.1 Å². The summed E-state index contributed by atoms with van der Waals surface area (Å²) >= 11 is 0. The predicted molar refractivity (Wildman–Crippen MR) is 95.8 cm³/mol. The fourth-order valence-electron chi connectivity index (χ4n) is 2.20. The second-order valence-corrected chi connectivity index (χ2v) is 5.42. The number of ether oxygens (including phenoxy) is 2. The first kappa shape index (κ1) is 19.4. The lowest BCUT2D eigenvalue weighted by Gasteiger charge is -2.12. The molecule has 26 heavy (non-hydrogen) atoms. The quantitative estimate of drug-likeness (QED) is 0.674. The number of carbonyl (C=O) groups is 2. The number of hydrogen-bond acceptors (Lipinski definition) is 4. The third-order valence-corrected chi connectivity index (χ3v) is 3.45. The summed E-state index contributed by atoms with van der Waals surface area (Å²) < 4.78 is 23.6. The number of amides is 2. The van der Waals surface area contributed by atoms with Crippen molar-refractivity contribution in [2.45, 2.75) is 6.42 Å². The fraction of sp³-hybridized carbons (Fsp3) is 0.263. The molecule has 0 aromatic heterocycles. The first-order valence-electron chi connectivity index (χ1n) is 8.15. The van der Waals surface area contributed by atoms with Crippen molar-refractivity contribution < 1.29 is 23.5 Å². The van der Waals surface area contributed by atoms with E-state index in [0.29, 0.717) is 30.8 Å². The minimum absolute atomic E-state index is 0.00757. The van der Waals surface area contributed by atoms with Crippen molar-refractivity contribution in [3.63, 3.8) is 0 Å². The Balaban J connectivity index is 1.93. The number of carbonyl (C=O) groups excluding carboxylic acids is 2. The zero-order chi connectivity index (χ0) is 18.8. The molecule has 2 aromatic carbocycles. The van der Waals surface area contributed by atoms with Gasteiger partial charge in [-0.1, -0.05) is 24.3 Å². The predicted octanol–water partition coefficient (Wildman–Crippen LogP) is 2.61. The van der Waals surface area contributed by atoms with Crippen molar-refractivity contribution in [3.8, 4) is 5.75 Å². The van der Waals surface area contributed by atoms with Crippen LogP contribution in [0.4, 0.5) is 10.1 Å². The highest BCUT2D eigenvalue weighted by molar-refractivity contribution is 6.04. The molecule has 0 spiro atoms. The van der Waals surface area contributed by atoms with Crippen LogP contribution in [0.3, 0.4) is 0 Å². The van der Waals surface area contributed by atoms with Gasteiger partial charge in [-0.25, -0.2) is 4.39 Å². The van der Waals surface area contributed by atoms with Gasteiger partial charge in [0.15, 0.2) is 18.2 Å². The summed E-state index contributed by atoms with van der Waals surface area (Å²) in [6.07, 6.45) is 0.688. The third kappa shape index (κ3) is 5.86. The average molecular weight is 360 g/mol. The molecule has 0 aliphatic carbocycles. The fourth-order valence-corrected chi connectivity index (χ4v) is 2.20. The normalized spacial score (nSPS) is 10.2. The summed E-state index contributed by atoms with van der Waals surface area (Å²) in [6.45, 7) is 0.641. The molecule has 0 atom stereocenters. The van der Waals surface area contributed by atoms with Gasteiger partial charge >= 0.3 is 0 Å². The lowest BCUT2D eigenvalue weighted by atomic mass is 10.1. The smallest absolute Gasteiger partial charge is 0.262 e. The van der Waals surface area contributed by atoms with Crippen LogP contribution in [0.5, 0.6) is 5.75 Å². The van der Waals surface area contributed by atoms with E-state index in [4.69, 9.17) is 9.47 Å². The van der Waals surface area contributed by atoms with Crippen LogP contribution >= 0.6 is 0 Å². The van der Waals surface area contributed by atoms with Crippen molar-refractivity contribution in [1.82, 2.24) is 5.32 Å². The highest BCUT2D eigenvalue weighted by Gasteiger charge is 2.13. The molecule has 0 aliphatic heterocycles. The first-order valence-corrected chi connectivity index (χ1v) is 8.15. The van der Waals surface area contributed by atoms with Gasteiger partial charge in [0.25, 0.3) is 11.8 Å². The topological polar surface area (TPSA) is 76.7 Å². The molecular weight excluding hydrogens is 339 g/mol. The van der Waals surface area contributed by atoms with Crippen LogP contribution in [-0.4, -0.2) is 38.7 Å². The van der Waals surface area contributed by atoms with Gasteiger partial charge in [0, 0.05) is 20.3 Å². The second kappa shape index (κ2) is 10.1. The van der Waals surface area contributed by atoms with E-state index in [2.05, 4.69) is 10.6 Å². The van der Waals surface area contributed by atoms with E-state index < -0.39 is 11.7 Å². The Kier molecular flexibility index (Phi) is 7.57. The molecule has 0 bridgehead atoms. The molecule has 0 fully saturated rings. The van der Waals surface area contributed by atoms with E-state index in [1.165, 1.54) is 18.2 Å². The number of hydrogen-bond donors (Lipinski definition) is 2. The zero-order valence-corrected chi connectivity index (χ0v) is 14.5. The first-order chi connectivity index (χ1) is 12.6. The molecule has 7 heteroatoms. The van der Waals surface area contributed by atoms with Crippen LogP contribution in [0.15, 0.2) is 48.5 Å². The second-order valence-electron chi connectivity index (χ2n) is 5.42. The number of para-hydroxylation sites is 2. The minimum atomic E-state index is -0.545. The molecule has 2 aromatic rings. The van der Waals surface area contributed by atoms with Crippen molar-refractivity contribution >= 4 is 17.5 Å². The molecule has 2 amide bonds. The van der Waals surface area contributed by atoms with Crippen molar-refractivity contribution in [2.24, 2.45) is 0 Å². The lowest BCUT2D eigenvalue weighted by Crippen LogP contribution is -2.27. The summed E-state index contributed by atoms with van der Waals surface area (Å²) in [5.74, 6) is -1.34. The van der Waals surface area contributed by atoms with E-state index in [1.54, 1.807) is 37.4 Å². The van der Waals surface area contributed by atoms with Gasteiger partial charge in [-0.05, 0) is 30.7 Å². The van der Waals surface area contributed by atoms with Gasteiger partial charge in [0.2, 0.25) is 0 Å². The molecule has 0 unspecified atom stereocenters. The number of nitrogens with one attached hydrogen (secondary N) is 2. The van der Waals surface area contributed by atoms with Crippen LogP contribution in [0.25, 0.3) is 0 Å². The van der Waals surface area contributed by atoms with Crippen molar-refractivity contribution in [2.75, 3.05) is 32.2 Å². The van der Waals surface area contributed by atoms with E-state index >= 15 is 0 Å². The molecule has 6 nitrogen and oxygen atoms in total. The van der Waals surface area contributed by atoms with E-state index in [0.717, 1.165) is 0 Å². The zero-order valence-electron chi connectivity index (χ0n) is 14.5. The van der Waals surface area contributed by atoms with Crippen LogP contribution < -0.4 is 15.4 Å². The largest absolute Gasteiger partial charge is 0.481 e. The van der Waals surface area contributed by atoms with E-state index in [1.807, 2.05) is 0 Å². The van der Waals surface area contributed by atoms with Crippen LogP contribution in [-0.2, 0) is 9.53 Å². The van der Waals surface area contributed by atoms with Gasteiger partial charge in [-0.3, -0.25) is 9.59 Å². The summed E-state index contributed by atoms with van der Waals surface area (Å²) in [4.78, 5) is 24.3. The maximum atomic E-state index is 13.5. The summed E-state index contributed by atoms with van der Waals surface area (Å²) in [6, 6.07) is 12.5. The number of rotatable bonds is 9. The van der Waals surface area contributed by atoms with Crippen molar-refractivity contribution in [3.05, 3.63) is 59.9 Å². The Labute approximate surface area is 151 Å². The SMILES string of the molecule is COCCCNC(=O)c1ccccc1NC(=O)COc1ccccc1F. The standard InChI is InChI=1S/C19H21FN2O4/c1-25-12-6-11-21-19(24)14-7-2-4-9-16(14)22-18(23)13-26-17-10-5-3-8-15(17)20/h2-5,7-10H,6,11-13H2,1H3,(H,21,24)(H,22,23). The third-order valence-electron chi connectivity index (χ3n) is 3.45.